The van der Waals surface area contributed by atoms with E-state index in [0.717, 1.165) is 43.7 Å². The summed E-state index contributed by atoms with van der Waals surface area (Å²) in [7, 11) is 0. The number of aliphatic carboxylic acids is 1. The van der Waals surface area contributed by atoms with Crippen LogP contribution in [-0.2, 0) is 17.8 Å². The quantitative estimate of drug-likeness (QED) is 0.363. The van der Waals surface area contributed by atoms with Gasteiger partial charge in [0, 0.05) is 35.0 Å². The van der Waals surface area contributed by atoms with Crippen LogP contribution < -0.4 is 4.74 Å². The van der Waals surface area contributed by atoms with Gasteiger partial charge in [-0.3, -0.25) is 9.69 Å². The largest absolute Gasteiger partial charge is 0.493 e. The molecule has 1 saturated heterocycles. The van der Waals surface area contributed by atoms with E-state index in [1.807, 2.05) is 0 Å². The molecule has 4 rings (SSSR count). The molecule has 1 N–H and O–H groups in total. The molecule has 0 aliphatic carbocycles. The van der Waals surface area contributed by atoms with Gasteiger partial charge in [0.1, 0.15) is 5.75 Å². The predicted octanol–water partition coefficient (Wildman–Crippen LogP) is 6.03. The van der Waals surface area contributed by atoms with Crippen LogP contribution >= 0.6 is 11.3 Å². The fraction of sp³-hybridized carbons (Fsp3) is 0.370. The molecule has 1 aliphatic heterocycles. The first kappa shape index (κ1) is 22.6. The third-order valence-corrected chi connectivity index (χ3v) is 7.01. The summed E-state index contributed by atoms with van der Waals surface area (Å²) in [4.78, 5) is 15.7. The van der Waals surface area contributed by atoms with Crippen LogP contribution in [0.5, 0.6) is 5.75 Å². The lowest BCUT2D eigenvalue weighted by atomic mass is 9.99. The minimum absolute atomic E-state index is 0.223. The molecule has 0 spiro atoms. The normalized spacial score (nSPS) is 14.3. The summed E-state index contributed by atoms with van der Waals surface area (Å²) >= 11 is 1.78. The number of nitrogens with zero attached hydrogens (tertiary/aromatic N) is 1. The summed E-state index contributed by atoms with van der Waals surface area (Å²) in [5.74, 6) is 0.0214. The molecule has 3 aromatic rings. The topological polar surface area (TPSA) is 49.8 Å². The van der Waals surface area contributed by atoms with E-state index < -0.39 is 5.97 Å². The van der Waals surface area contributed by atoms with Gasteiger partial charge in [0.15, 0.2) is 0 Å². The predicted molar refractivity (Wildman–Crippen MR) is 130 cm³/mol. The molecule has 0 saturated carbocycles. The van der Waals surface area contributed by atoms with Crippen molar-refractivity contribution in [3.05, 3.63) is 76.7 Å². The Hall–Kier alpha value is -2.63. The van der Waals surface area contributed by atoms with Gasteiger partial charge in [-0.15, -0.1) is 11.3 Å². The molecular formula is C27H31NO3S. The van der Waals surface area contributed by atoms with Gasteiger partial charge in [0.05, 0.1) is 12.5 Å². The van der Waals surface area contributed by atoms with E-state index in [-0.39, 0.29) is 5.92 Å². The zero-order chi connectivity index (χ0) is 22.3. The average molecular weight is 450 g/mol. The van der Waals surface area contributed by atoms with E-state index in [4.69, 9.17) is 9.84 Å². The SMILES string of the molecule is Cc1ccc(-c2cc(CN3CC(C(=O)O)C3)ccc2OCCCCCc2ccccc2)s1. The Morgan fingerprint density at radius 1 is 1.03 bits per heavy atom. The molecule has 0 unspecified atom stereocenters. The maximum absolute atomic E-state index is 11.1. The number of carbonyl (C=O) groups is 1. The van der Waals surface area contributed by atoms with Crippen molar-refractivity contribution in [2.24, 2.45) is 5.92 Å². The van der Waals surface area contributed by atoms with Crippen LogP contribution in [0.1, 0.15) is 35.3 Å². The molecule has 4 nitrogen and oxygen atoms in total. The van der Waals surface area contributed by atoms with Gasteiger partial charge in [-0.05, 0) is 68.0 Å². The molecule has 32 heavy (non-hydrogen) atoms. The number of thiophene rings is 1. The molecule has 0 amide bonds. The highest BCUT2D eigenvalue weighted by Crippen LogP contribution is 2.36. The number of hydrogen-bond acceptors (Lipinski definition) is 4. The van der Waals surface area contributed by atoms with Crippen molar-refractivity contribution in [3.8, 4) is 16.2 Å². The Morgan fingerprint density at radius 2 is 1.84 bits per heavy atom. The summed E-state index contributed by atoms with van der Waals surface area (Å²) in [5.41, 5.74) is 3.74. The van der Waals surface area contributed by atoms with Crippen LogP contribution in [0.4, 0.5) is 0 Å². The number of likely N-dealkylation sites (tertiary alicyclic amines) is 1. The minimum atomic E-state index is -0.691. The molecule has 0 atom stereocenters. The summed E-state index contributed by atoms with van der Waals surface area (Å²) in [6, 6.07) is 21.4. The third-order valence-electron chi connectivity index (χ3n) is 5.97. The fourth-order valence-corrected chi connectivity index (χ4v) is 5.01. The first-order valence-corrected chi connectivity index (χ1v) is 12.2. The van der Waals surface area contributed by atoms with Crippen molar-refractivity contribution in [1.29, 1.82) is 0 Å². The number of unbranched alkanes of at least 4 members (excludes halogenated alkanes) is 2. The lowest BCUT2D eigenvalue weighted by Crippen LogP contribution is -2.49. The highest BCUT2D eigenvalue weighted by molar-refractivity contribution is 7.15. The smallest absolute Gasteiger partial charge is 0.309 e. The van der Waals surface area contributed by atoms with Crippen molar-refractivity contribution in [3.63, 3.8) is 0 Å². The second kappa shape index (κ2) is 10.8. The summed E-state index contributed by atoms with van der Waals surface area (Å²) in [5, 5.41) is 9.10. The number of rotatable bonds is 11. The molecular weight excluding hydrogens is 418 g/mol. The highest BCUT2D eigenvalue weighted by Gasteiger charge is 2.32. The van der Waals surface area contributed by atoms with Gasteiger partial charge < -0.3 is 9.84 Å². The molecule has 2 heterocycles. The van der Waals surface area contributed by atoms with Gasteiger partial charge in [-0.25, -0.2) is 0 Å². The van der Waals surface area contributed by atoms with Gasteiger partial charge in [0.25, 0.3) is 0 Å². The first-order chi connectivity index (χ1) is 15.6. The monoisotopic (exact) mass is 449 g/mol. The molecule has 1 aliphatic rings. The molecule has 0 bridgehead atoms. The third kappa shape index (κ3) is 5.99. The van der Waals surface area contributed by atoms with Crippen LogP contribution in [0.25, 0.3) is 10.4 Å². The van der Waals surface area contributed by atoms with Crippen molar-refractivity contribution in [2.75, 3.05) is 19.7 Å². The van der Waals surface area contributed by atoms with Gasteiger partial charge >= 0.3 is 5.97 Å². The van der Waals surface area contributed by atoms with Gasteiger partial charge in [-0.2, -0.15) is 0 Å². The number of ether oxygens (including phenoxy) is 1. The van der Waals surface area contributed by atoms with E-state index >= 15 is 0 Å². The standard InChI is InChI=1S/C27H31NO3S/c1-20-11-14-26(32-20)24-16-22(17-28-18-23(19-28)27(29)30)12-13-25(24)31-15-7-3-6-10-21-8-4-2-5-9-21/h2,4-5,8-9,11-14,16,23H,3,6-7,10,15,17-19H2,1H3,(H,29,30). The maximum atomic E-state index is 11.1. The second-order valence-corrected chi connectivity index (χ2v) is 9.90. The van der Waals surface area contributed by atoms with Crippen molar-refractivity contribution in [1.82, 2.24) is 4.90 Å². The Labute approximate surface area is 194 Å². The van der Waals surface area contributed by atoms with Gasteiger partial charge in [0.2, 0.25) is 0 Å². The fourth-order valence-electron chi connectivity index (χ4n) is 4.12. The number of aryl methyl sites for hydroxylation is 2. The van der Waals surface area contributed by atoms with E-state index in [2.05, 4.69) is 72.5 Å². The van der Waals surface area contributed by atoms with Crippen LogP contribution in [-0.4, -0.2) is 35.7 Å². The number of hydrogen-bond donors (Lipinski definition) is 1. The summed E-state index contributed by atoms with van der Waals surface area (Å²) < 4.78 is 6.22. The first-order valence-electron chi connectivity index (χ1n) is 11.4. The Bertz CT molecular complexity index is 1020. The zero-order valence-corrected chi connectivity index (χ0v) is 19.4. The second-order valence-electron chi connectivity index (χ2n) is 8.61. The van der Waals surface area contributed by atoms with Crippen molar-refractivity contribution in [2.45, 2.75) is 39.2 Å². The number of carboxylic acid groups (broad SMARTS) is 1. The van der Waals surface area contributed by atoms with E-state index in [0.29, 0.717) is 13.1 Å². The maximum Gasteiger partial charge on any atom is 0.309 e. The summed E-state index contributed by atoms with van der Waals surface area (Å²) in [6.45, 7) is 4.88. The van der Waals surface area contributed by atoms with Crippen LogP contribution in [0, 0.1) is 12.8 Å². The molecule has 0 radical (unpaired) electrons. The number of benzene rings is 2. The Balaban J connectivity index is 1.33. The van der Waals surface area contributed by atoms with Gasteiger partial charge in [-0.1, -0.05) is 36.4 Å². The van der Waals surface area contributed by atoms with Crippen LogP contribution in [0.2, 0.25) is 0 Å². The summed E-state index contributed by atoms with van der Waals surface area (Å²) in [6.07, 6.45) is 4.49. The van der Waals surface area contributed by atoms with Crippen molar-refractivity contribution < 1.29 is 14.6 Å². The Kier molecular flexibility index (Phi) is 7.61. The van der Waals surface area contributed by atoms with E-state index in [9.17, 15) is 4.79 Å². The molecule has 2 aromatic carbocycles. The lowest BCUT2D eigenvalue weighted by Gasteiger charge is -2.36. The van der Waals surface area contributed by atoms with E-state index in [1.165, 1.54) is 27.3 Å². The minimum Gasteiger partial charge on any atom is -0.493 e. The van der Waals surface area contributed by atoms with Crippen LogP contribution in [0.3, 0.4) is 0 Å². The number of carboxylic acids is 1. The molecule has 5 heteroatoms. The van der Waals surface area contributed by atoms with E-state index in [1.54, 1.807) is 11.3 Å². The van der Waals surface area contributed by atoms with Crippen LogP contribution in [0.15, 0.2) is 60.7 Å². The molecule has 168 valence electrons. The Morgan fingerprint density at radius 3 is 2.56 bits per heavy atom. The lowest BCUT2D eigenvalue weighted by molar-refractivity contribution is -0.147. The molecule has 1 fully saturated rings. The average Bonchev–Trinajstić information content (AvgIpc) is 3.20. The molecule has 1 aromatic heterocycles. The zero-order valence-electron chi connectivity index (χ0n) is 18.6. The van der Waals surface area contributed by atoms with Crippen molar-refractivity contribution >= 4 is 17.3 Å². The highest BCUT2D eigenvalue weighted by atomic mass is 32.1.